The number of hydrogen-bond donors (Lipinski definition) is 2. The normalized spacial score (nSPS) is 24.0. The number of aromatic nitrogens is 2. The second-order valence-electron chi connectivity index (χ2n) is 8.45. The van der Waals surface area contributed by atoms with E-state index in [0.29, 0.717) is 47.5 Å². The molecule has 176 valence electrons. The van der Waals surface area contributed by atoms with Gasteiger partial charge in [0.25, 0.3) is 5.91 Å². The molecule has 0 aliphatic carbocycles. The molecule has 4 heterocycles. The Labute approximate surface area is 200 Å². The molecule has 3 aliphatic heterocycles. The van der Waals surface area contributed by atoms with Crippen LogP contribution in [-0.4, -0.2) is 60.2 Å². The van der Waals surface area contributed by atoms with Crippen LogP contribution in [0, 0.1) is 11.3 Å². The molecule has 2 fully saturated rings. The number of carbonyl (C=O) groups is 1. The Bertz CT molecular complexity index is 1330. The van der Waals surface area contributed by atoms with Gasteiger partial charge in [0.05, 0.1) is 42.6 Å². The molecule has 0 bridgehead atoms. The minimum atomic E-state index is -0.291. The molecule has 1 aromatic heterocycles. The molecule has 3 aromatic rings. The molecule has 1 amide bonds. The predicted octanol–water partition coefficient (Wildman–Crippen LogP) is 2.12. The molecule has 0 radical (unpaired) electrons. The molecule has 0 unspecified atom stereocenters. The van der Waals surface area contributed by atoms with E-state index in [1.807, 2.05) is 12.1 Å². The van der Waals surface area contributed by atoms with Crippen molar-refractivity contribution in [2.45, 2.75) is 24.3 Å². The van der Waals surface area contributed by atoms with Crippen LogP contribution in [0.3, 0.4) is 0 Å². The number of ether oxygens (including phenoxy) is 4. The summed E-state index contributed by atoms with van der Waals surface area (Å²) in [7, 11) is 0. The summed E-state index contributed by atoms with van der Waals surface area (Å²) in [6.45, 7) is 0.886. The number of amides is 1. The lowest BCUT2D eigenvalue weighted by Crippen LogP contribution is -2.44. The Hall–Kier alpha value is -4.20. The molecule has 2 saturated heterocycles. The topological polar surface area (TPSA) is 128 Å². The first-order valence-corrected chi connectivity index (χ1v) is 11.2. The second-order valence-corrected chi connectivity index (χ2v) is 8.45. The number of anilines is 1. The van der Waals surface area contributed by atoms with Gasteiger partial charge in [0.1, 0.15) is 12.2 Å². The van der Waals surface area contributed by atoms with Crippen LogP contribution in [0.2, 0.25) is 0 Å². The molecule has 6 rings (SSSR count). The van der Waals surface area contributed by atoms with Crippen LogP contribution in [-0.2, 0) is 9.47 Å². The fourth-order valence-electron chi connectivity index (χ4n) is 4.54. The largest absolute Gasteiger partial charge is 0.454 e. The van der Waals surface area contributed by atoms with Gasteiger partial charge in [-0.3, -0.25) is 4.79 Å². The number of nitriles is 1. The van der Waals surface area contributed by atoms with Crippen LogP contribution in [0.25, 0.3) is 11.3 Å². The molecule has 10 heteroatoms. The summed E-state index contributed by atoms with van der Waals surface area (Å²) < 4.78 is 22.6. The van der Waals surface area contributed by atoms with Crippen molar-refractivity contribution in [3.63, 3.8) is 0 Å². The van der Waals surface area contributed by atoms with Crippen LogP contribution in [0.1, 0.15) is 15.9 Å². The van der Waals surface area contributed by atoms with E-state index in [2.05, 4.69) is 26.7 Å². The van der Waals surface area contributed by atoms with Crippen molar-refractivity contribution in [2.75, 3.05) is 25.3 Å². The van der Waals surface area contributed by atoms with Crippen molar-refractivity contribution in [3.05, 3.63) is 65.9 Å². The minimum absolute atomic E-state index is 0.154. The monoisotopic (exact) mass is 471 g/mol. The summed E-state index contributed by atoms with van der Waals surface area (Å²) in [5.41, 5.74) is 2.58. The summed E-state index contributed by atoms with van der Waals surface area (Å²) >= 11 is 0. The lowest BCUT2D eigenvalue weighted by Gasteiger charge is -2.18. The molecule has 2 aromatic carbocycles. The fourth-order valence-corrected chi connectivity index (χ4v) is 4.54. The van der Waals surface area contributed by atoms with Gasteiger partial charge < -0.3 is 29.6 Å². The lowest BCUT2D eigenvalue weighted by atomic mass is 10.1. The average molecular weight is 471 g/mol. The van der Waals surface area contributed by atoms with Gasteiger partial charge in [-0.1, -0.05) is 12.1 Å². The van der Waals surface area contributed by atoms with Crippen molar-refractivity contribution in [3.8, 4) is 28.8 Å². The Morgan fingerprint density at radius 1 is 1.00 bits per heavy atom. The van der Waals surface area contributed by atoms with Crippen LogP contribution in [0.5, 0.6) is 11.5 Å². The zero-order chi connectivity index (χ0) is 23.8. The molecule has 10 nitrogen and oxygen atoms in total. The van der Waals surface area contributed by atoms with Crippen molar-refractivity contribution in [1.82, 2.24) is 15.3 Å². The summed E-state index contributed by atoms with van der Waals surface area (Å²) in [4.78, 5) is 21.7. The van der Waals surface area contributed by atoms with E-state index in [1.165, 1.54) is 0 Å². The molecule has 2 N–H and O–H groups in total. The number of hydrogen-bond acceptors (Lipinski definition) is 9. The predicted molar refractivity (Wildman–Crippen MR) is 123 cm³/mol. The lowest BCUT2D eigenvalue weighted by molar-refractivity contribution is 0.0652. The number of benzene rings is 2. The first kappa shape index (κ1) is 21.3. The van der Waals surface area contributed by atoms with Gasteiger partial charge >= 0.3 is 0 Å². The van der Waals surface area contributed by atoms with Gasteiger partial charge in [0.2, 0.25) is 12.7 Å². The van der Waals surface area contributed by atoms with Crippen molar-refractivity contribution >= 4 is 11.9 Å². The van der Waals surface area contributed by atoms with E-state index in [4.69, 9.17) is 24.2 Å². The van der Waals surface area contributed by atoms with Crippen LogP contribution >= 0.6 is 0 Å². The highest BCUT2D eigenvalue weighted by Gasteiger charge is 2.48. The number of rotatable bonds is 5. The maximum atomic E-state index is 12.8. The zero-order valence-corrected chi connectivity index (χ0v) is 18.5. The first-order chi connectivity index (χ1) is 17.2. The van der Waals surface area contributed by atoms with E-state index in [9.17, 15) is 4.79 Å². The first-order valence-electron chi connectivity index (χ1n) is 11.2. The van der Waals surface area contributed by atoms with Crippen LogP contribution in [0.4, 0.5) is 5.95 Å². The van der Waals surface area contributed by atoms with Gasteiger partial charge in [0.15, 0.2) is 11.5 Å². The molecule has 35 heavy (non-hydrogen) atoms. The van der Waals surface area contributed by atoms with E-state index >= 15 is 0 Å². The molecular weight excluding hydrogens is 450 g/mol. The Balaban J connectivity index is 1.11. The Morgan fingerprint density at radius 3 is 2.71 bits per heavy atom. The third kappa shape index (κ3) is 4.12. The van der Waals surface area contributed by atoms with E-state index in [1.54, 1.807) is 42.6 Å². The average Bonchev–Trinajstić information content (AvgIpc) is 3.62. The minimum Gasteiger partial charge on any atom is -0.454 e. The number of nitrogens with zero attached hydrogens (tertiary/aromatic N) is 3. The maximum absolute atomic E-state index is 12.8. The smallest absolute Gasteiger partial charge is 0.251 e. The molecule has 0 spiro atoms. The van der Waals surface area contributed by atoms with E-state index in [0.717, 1.165) is 5.56 Å². The SMILES string of the molecule is N#Cc1cccc(-c2ccnc(N[C@@H]3CO[C@@H]4[C@@H]3OC[C@@H]4NC(=O)c3ccc4c(c3)OCO4)n2)c1. The zero-order valence-electron chi connectivity index (χ0n) is 18.5. The third-order valence-corrected chi connectivity index (χ3v) is 6.26. The molecule has 3 aliphatic rings. The van der Waals surface area contributed by atoms with Crippen molar-refractivity contribution < 1.29 is 23.7 Å². The highest BCUT2D eigenvalue weighted by Crippen LogP contribution is 2.33. The van der Waals surface area contributed by atoms with Crippen LogP contribution < -0.4 is 20.1 Å². The summed E-state index contributed by atoms with van der Waals surface area (Å²) in [5, 5.41) is 15.5. The molecule has 0 saturated carbocycles. The maximum Gasteiger partial charge on any atom is 0.251 e. The molecular formula is C25H21N5O5. The standard InChI is InChI=1S/C25H21N5O5/c26-10-14-2-1-3-15(8-14)17-6-7-27-25(29-17)30-19-12-33-22-18(11-32-23(19)22)28-24(31)16-4-5-20-21(9-16)35-13-34-20/h1-9,18-19,22-23H,11-13H2,(H,28,31)(H,27,29,30)/t18-,19+,22-,23+/m0/s1. The van der Waals surface area contributed by atoms with Gasteiger partial charge in [-0.2, -0.15) is 5.26 Å². The van der Waals surface area contributed by atoms with Gasteiger partial charge in [-0.05, 0) is 36.4 Å². The number of carbonyl (C=O) groups excluding carboxylic acids is 1. The van der Waals surface area contributed by atoms with Crippen molar-refractivity contribution in [1.29, 1.82) is 5.26 Å². The van der Waals surface area contributed by atoms with Gasteiger partial charge in [0, 0.05) is 17.3 Å². The van der Waals surface area contributed by atoms with E-state index in [-0.39, 0.29) is 37.0 Å². The number of fused-ring (bicyclic) bond motifs is 2. The highest BCUT2D eigenvalue weighted by molar-refractivity contribution is 5.95. The number of nitrogens with one attached hydrogen (secondary N) is 2. The summed E-state index contributed by atoms with van der Waals surface area (Å²) in [6.07, 6.45) is 1.12. The van der Waals surface area contributed by atoms with Gasteiger partial charge in [-0.15, -0.1) is 0 Å². The fraction of sp³-hybridized carbons (Fsp3) is 0.280. The third-order valence-electron chi connectivity index (χ3n) is 6.26. The van der Waals surface area contributed by atoms with Crippen LogP contribution in [0.15, 0.2) is 54.7 Å². The summed E-state index contributed by atoms with van der Waals surface area (Å²) in [5.74, 6) is 1.40. The summed E-state index contributed by atoms with van der Waals surface area (Å²) in [6, 6.07) is 15.8. The van der Waals surface area contributed by atoms with Crippen molar-refractivity contribution in [2.24, 2.45) is 0 Å². The quantitative estimate of drug-likeness (QED) is 0.575. The Kier molecular flexibility index (Phi) is 5.41. The highest BCUT2D eigenvalue weighted by atomic mass is 16.7. The van der Waals surface area contributed by atoms with E-state index < -0.39 is 0 Å². The Morgan fingerprint density at radius 2 is 1.83 bits per heavy atom. The second kappa shape index (κ2) is 8.87. The van der Waals surface area contributed by atoms with Gasteiger partial charge in [-0.25, -0.2) is 9.97 Å². The molecule has 4 atom stereocenters.